The Balaban J connectivity index is 2.01. The van der Waals surface area contributed by atoms with Gasteiger partial charge in [-0.1, -0.05) is 26.0 Å². The Labute approximate surface area is 143 Å². The molecule has 0 radical (unpaired) electrons. The van der Waals surface area contributed by atoms with E-state index in [1.54, 1.807) is 19.2 Å². The summed E-state index contributed by atoms with van der Waals surface area (Å²) in [5.74, 6) is 0.596. The molecular formula is C18H27N3O3. The number of anilines is 1. The summed E-state index contributed by atoms with van der Waals surface area (Å²) in [5.41, 5.74) is 0.574. The van der Waals surface area contributed by atoms with Gasteiger partial charge >= 0.3 is 6.03 Å². The molecule has 2 N–H and O–H groups in total. The molecule has 2 rings (SSSR count). The first-order valence-electron chi connectivity index (χ1n) is 8.52. The highest BCUT2D eigenvalue weighted by atomic mass is 16.5. The maximum atomic E-state index is 12.7. The van der Waals surface area contributed by atoms with Crippen molar-refractivity contribution in [2.24, 2.45) is 5.92 Å². The average Bonchev–Trinajstić information content (AvgIpc) is 2.60. The van der Waals surface area contributed by atoms with Crippen LogP contribution in [0.3, 0.4) is 0 Å². The number of likely N-dealkylation sites (tertiary alicyclic amines) is 1. The van der Waals surface area contributed by atoms with Crippen molar-refractivity contribution >= 4 is 17.6 Å². The first kappa shape index (κ1) is 18.1. The number of benzene rings is 1. The molecule has 6 heteroatoms. The van der Waals surface area contributed by atoms with Gasteiger partial charge in [0.15, 0.2) is 0 Å². The number of hydrogen-bond acceptors (Lipinski definition) is 3. The van der Waals surface area contributed by atoms with Gasteiger partial charge in [0.1, 0.15) is 11.8 Å². The molecule has 3 amide bonds. The van der Waals surface area contributed by atoms with Crippen LogP contribution in [0.15, 0.2) is 24.3 Å². The van der Waals surface area contributed by atoms with E-state index >= 15 is 0 Å². The zero-order valence-corrected chi connectivity index (χ0v) is 14.7. The molecule has 0 aliphatic carbocycles. The highest BCUT2D eigenvalue weighted by Gasteiger charge is 2.29. The van der Waals surface area contributed by atoms with Crippen LogP contribution in [0.5, 0.6) is 5.75 Å². The van der Waals surface area contributed by atoms with Gasteiger partial charge < -0.3 is 20.3 Å². The molecule has 0 saturated carbocycles. The summed E-state index contributed by atoms with van der Waals surface area (Å²) in [6.45, 7) is 5.43. The van der Waals surface area contributed by atoms with Crippen molar-refractivity contribution < 1.29 is 14.3 Å². The Morgan fingerprint density at radius 3 is 2.42 bits per heavy atom. The summed E-state index contributed by atoms with van der Waals surface area (Å²) < 4.78 is 5.22. The van der Waals surface area contributed by atoms with Crippen molar-refractivity contribution in [1.82, 2.24) is 10.2 Å². The van der Waals surface area contributed by atoms with Gasteiger partial charge in [-0.15, -0.1) is 0 Å². The van der Waals surface area contributed by atoms with E-state index in [0.29, 0.717) is 11.4 Å². The summed E-state index contributed by atoms with van der Waals surface area (Å²) >= 11 is 0. The van der Waals surface area contributed by atoms with Crippen LogP contribution in [0.2, 0.25) is 0 Å². The number of hydrogen-bond donors (Lipinski definition) is 2. The predicted molar refractivity (Wildman–Crippen MR) is 94.2 cm³/mol. The number of piperidine rings is 1. The maximum Gasteiger partial charge on any atom is 0.320 e. The predicted octanol–water partition coefficient (Wildman–Crippen LogP) is 2.85. The lowest BCUT2D eigenvalue weighted by Crippen LogP contribution is -2.53. The van der Waals surface area contributed by atoms with Gasteiger partial charge in [-0.05, 0) is 37.3 Å². The van der Waals surface area contributed by atoms with Crippen LogP contribution in [0, 0.1) is 5.92 Å². The SMILES string of the molecule is COc1ccccc1NC(=O)NC(C(=O)N1CCCCC1)C(C)C. The van der Waals surface area contributed by atoms with Crippen LogP contribution in [0.4, 0.5) is 10.5 Å². The third-order valence-corrected chi connectivity index (χ3v) is 4.24. The molecule has 0 spiro atoms. The van der Waals surface area contributed by atoms with Crippen molar-refractivity contribution in [2.75, 3.05) is 25.5 Å². The second-order valence-electron chi connectivity index (χ2n) is 6.41. The van der Waals surface area contributed by atoms with Crippen LogP contribution in [-0.2, 0) is 4.79 Å². The molecule has 132 valence electrons. The normalized spacial score (nSPS) is 15.8. The van der Waals surface area contributed by atoms with Crippen LogP contribution < -0.4 is 15.4 Å². The van der Waals surface area contributed by atoms with Crippen LogP contribution in [-0.4, -0.2) is 43.1 Å². The zero-order chi connectivity index (χ0) is 17.5. The van der Waals surface area contributed by atoms with Crippen molar-refractivity contribution in [1.29, 1.82) is 0 Å². The lowest BCUT2D eigenvalue weighted by Gasteiger charge is -2.32. The summed E-state index contributed by atoms with van der Waals surface area (Å²) in [6, 6.07) is 6.25. The molecule has 1 aliphatic heterocycles. The van der Waals surface area contributed by atoms with Gasteiger partial charge in [-0.25, -0.2) is 4.79 Å². The fourth-order valence-corrected chi connectivity index (χ4v) is 2.87. The molecule has 1 aromatic carbocycles. The summed E-state index contributed by atoms with van der Waals surface area (Å²) in [6.07, 6.45) is 3.23. The Morgan fingerprint density at radius 2 is 1.79 bits per heavy atom. The third kappa shape index (κ3) is 4.63. The summed E-state index contributed by atoms with van der Waals surface area (Å²) in [4.78, 5) is 26.9. The highest BCUT2D eigenvalue weighted by molar-refractivity contribution is 5.94. The molecule has 1 aliphatic rings. The highest BCUT2D eigenvalue weighted by Crippen LogP contribution is 2.23. The van der Waals surface area contributed by atoms with Gasteiger partial charge in [0.25, 0.3) is 0 Å². The van der Waals surface area contributed by atoms with E-state index in [4.69, 9.17) is 4.74 Å². The maximum absolute atomic E-state index is 12.7. The van der Waals surface area contributed by atoms with Gasteiger partial charge in [0.2, 0.25) is 5.91 Å². The van der Waals surface area contributed by atoms with E-state index in [0.717, 1.165) is 32.4 Å². The van der Waals surface area contributed by atoms with Gasteiger partial charge in [-0.3, -0.25) is 4.79 Å². The molecule has 1 fully saturated rings. The van der Waals surface area contributed by atoms with Crippen LogP contribution in [0.1, 0.15) is 33.1 Å². The monoisotopic (exact) mass is 333 g/mol. The average molecular weight is 333 g/mol. The number of methoxy groups -OCH3 is 1. The smallest absolute Gasteiger partial charge is 0.320 e. The topological polar surface area (TPSA) is 70.7 Å². The second kappa shape index (κ2) is 8.57. The van der Waals surface area contributed by atoms with Crippen molar-refractivity contribution in [2.45, 2.75) is 39.2 Å². The molecular weight excluding hydrogens is 306 g/mol. The molecule has 1 saturated heterocycles. The number of rotatable bonds is 5. The lowest BCUT2D eigenvalue weighted by atomic mass is 10.0. The largest absolute Gasteiger partial charge is 0.495 e. The molecule has 0 bridgehead atoms. The number of urea groups is 1. The summed E-state index contributed by atoms with van der Waals surface area (Å²) in [7, 11) is 1.55. The van der Waals surface area contributed by atoms with E-state index in [9.17, 15) is 9.59 Å². The molecule has 0 aromatic heterocycles. The minimum atomic E-state index is -0.530. The van der Waals surface area contributed by atoms with Crippen LogP contribution >= 0.6 is 0 Å². The van der Waals surface area contributed by atoms with Crippen molar-refractivity contribution in [3.63, 3.8) is 0 Å². The first-order chi connectivity index (χ1) is 11.5. The molecule has 24 heavy (non-hydrogen) atoms. The molecule has 1 unspecified atom stereocenters. The van der Waals surface area contributed by atoms with E-state index in [-0.39, 0.29) is 11.8 Å². The fraction of sp³-hybridized carbons (Fsp3) is 0.556. The quantitative estimate of drug-likeness (QED) is 0.870. The van der Waals surface area contributed by atoms with E-state index in [1.165, 1.54) is 0 Å². The Hall–Kier alpha value is -2.24. The number of para-hydroxylation sites is 2. The number of ether oxygens (including phenoxy) is 1. The number of carbonyl (C=O) groups excluding carboxylic acids is 2. The number of nitrogens with zero attached hydrogens (tertiary/aromatic N) is 1. The Morgan fingerprint density at radius 1 is 1.12 bits per heavy atom. The molecule has 1 aromatic rings. The number of nitrogens with one attached hydrogen (secondary N) is 2. The molecule has 1 heterocycles. The number of carbonyl (C=O) groups is 2. The lowest BCUT2D eigenvalue weighted by molar-refractivity contribution is -0.135. The minimum absolute atomic E-state index is 0.000114. The van der Waals surface area contributed by atoms with E-state index in [2.05, 4.69) is 10.6 Å². The van der Waals surface area contributed by atoms with Crippen molar-refractivity contribution in [3.8, 4) is 5.75 Å². The standard InChI is InChI=1S/C18H27N3O3/c1-13(2)16(17(22)21-11-7-4-8-12-21)20-18(23)19-14-9-5-6-10-15(14)24-3/h5-6,9-10,13,16H,4,7-8,11-12H2,1-3H3,(H2,19,20,23). The van der Waals surface area contributed by atoms with Crippen LogP contribution in [0.25, 0.3) is 0 Å². The molecule has 6 nitrogen and oxygen atoms in total. The van der Waals surface area contributed by atoms with Crippen molar-refractivity contribution in [3.05, 3.63) is 24.3 Å². The van der Waals surface area contributed by atoms with E-state index < -0.39 is 12.1 Å². The van der Waals surface area contributed by atoms with Gasteiger partial charge in [-0.2, -0.15) is 0 Å². The Kier molecular flexibility index (Phi) is 6.46. The molecule has 1 atom stereocenters. The third-order valence-electron chi connectivity index (χ3n) is 4.24. The van der Waals surface area contributed by atoms with Gasteiger partial charge in [0, 0.05) is 13.1 Å². The fourth-order valence-electron chi connectivity index (χ4n) is 2.87. The minimum Gasteiger partial charge on any atom is -0.495 e. The zero-order valence-electron chi connectivity index (χ0n) is 14.7. The Bertz CT molecular complexity index is 568. The van der Waals surface area contributed by atoms with Gasteiger partial charge in [0.05, 0.1) is 12.8 Å². The first-order valence-corrected chi connectivity index (χ1v) is 8.52. The number of amides is 3. The summed E-state index contributed by atoms with van der Waals surface area (Å²) in [5, 5.41) is 5.58. The second-order valence-corrected chi connectivity index (χ2v) is 6.41. The van der Waals surface area contributed by atoms with E-state index in [1.807, 2.05) is 30.9 Å².